The summed E-state index contributed by atoms with van der Waals surface area (Å²) >= 11 is 5.88. The Morgan fingerprint density at radius 3 is 2.94 bits per heavy atom. The maximum atomic E-state index is 13.7. The van der Waals surface area contributed by atoms with Gasteiger partial charge in [0.05, 0.1) is 16.9 Å². The number of nitrogen functional groups attached to an aromatic ring is 1. The first-order chi connectivity index (χ1) is 8.11. The summed E-state index contributed by atoms with van der Waals surface area (Å²) in [4.78, 5) is 0. The molecule has 0 spiro atoms. The van der Waals surface area contributed by atoms with Crippen LogP contribution in [0.5, 0.6) is 0 Å². The summed E-state index contributed by atoms with van der Waals surface area (Å²) in [6, 6.07) is 2.76. The van der Waals surface area contributed by atoms with E-state index in [1.54, 1.807) is 17.1 Å². The fourth-order valence-electron chi connectivity index (χ4n) is 1.64. The lowest BCUT2D eigenvalue weighted by molar-refractivity contribution is 0.602. The van der Waals surface area contributed by atoms with Crippen molar-refractivity contribution in [3.63, 3.8) is 0 Å². The average Bonchev–Trinajstić information content (AvgIpc) is 2.72. The second kappa shape index (κ2) is 4.75. The molecule has 0 radical (unpaired) electrons. The van der Waals surface area contributed by atoms with Gasteiger partial charge in [-0.05, 0) is 18.6 Å². The van der Waals surface area contributed by atoms with E-state index in [9.17, 15) is 4.39 Å². The summed E-state index contributed by atoms with van der Waals surface area (Å²) in [5.41, 5.74) is 6.90. The summed E-state index contributed by atoms with van der Waals surface area (Å²) in [6.45, 7) is 2.87. The molecule has 0 aliphatic rings. The molecule has 5 heteroatoms. The molecule has 0 atom stereocenters. The van der Waals surface area contributed by atoms with Crippen molar-refractivity contribution in [3.05, 3.63) is 35.4 Å². The summed E-state index contributed by atoms with van der Waals surface area (Å²) in [7, 11) is 0. The van der Waals surface area contributed by atoms with Crippen LogP contribution in [0.15, 0.2) is 24.5 Å². The molecule has 3 nitrogen and oxygen atoms in total. The Balaban J connectivity index is 2.41. The second-order valence-electron chi connectivity index (χ2n) is 3.85. The number of anilines is 1. The lowest BCUT2D eigenvalue weighted by Crippen LogP contribution is -1.95. The molecule has 0 bridgehead atoms. The van der Waals surface area contributed by atoms with E-state index in [0.29, 0.717) is 16.1 Å². The van der Waals surface area contributed by atoms with Crippen LogP contribution >= 0.6 is 11.6 Å². The fourth-order valence-corrected chi connectivity index (χ4v) is 1.80. The van der Waals surface area contributed by atoms with Gasteiger partial charge in [0.15, 0.2) is 0 Å². The number of halogens is 2. The number of nitrogens with zero attached hydrogens (tertiary/aromatic N) is 2. The second-order valence-corrected chi connectivity index (χ2v) is 4.25. The molecular formula is C12H13ClFN3. The highest BCUT2D eigenvalue weighted by molar-refractivity contribution is 6.33. The summed E-state index contributed by atoms with van der Waals surface area (Å²) in [5, 5.41) is 4.50. The van der Waals surface area contributed by atoms with Gasteiger partial charge in [0, 0.05) is 23.9 Å². The largest absolute Gasteiger partial charge is 0.397 e. The molecule has 90 valence electrons. The van der Waals surface area contributed by atoms with Crippen molar-refractivity contribution < 1.29 is 4.39 Å². The van der Waals surface area contributed by atoms with E-state index in [1.807, 2.05) is 0 Å². The van der Waals surface area contributed by atoms with Crippen molar-refractivity contribution in [2.24, 2.45) is 0 Å². The highest BCUT2D eigenvalue weighted by atomic mass is 35.5. The van der Waals surface area contributed by atoms with E-state index < -0.39 is 0 Å². The van der Waals surface area contributed by atoms with Gasteiger partial charge in [-0.25, -0.2) is 4.39 Å². The number of benzene rings is 1. The Morgan fingerprint density at radius 1 is 1.47 bits per heavy atom. The first kappa shape index (κ1) is 11.9. The van der Waals surface area contributed by atoms with E-state index in [4.69, 9.17) is 17.3 Å². The molecule has 2 aromatic rings. The number of rotatable bonds is 3. The zero-order valence-corrected chi connectivity index (χ0v) is 10.2. The molecule has 0 aliphatic heterocycles. The molecule has 0 saturated heterocycles. The Hall–Kier alpha value is -1.55. The molecular weight excluding hydrogens is 241 g/mol. The van der Waals surface area contributed by atoms with Crippen molar-refractivity contribution >= 4 is 17.3 Å². The zero-order chi connectivity index (χ0) is 12.4. The minimum Gasteiger partial charge on any atom is -0.397 e. The number of hydrogen-bond donors (Lipinski definition) is 1. The van der Waals surface area contributed by atoms with Crippen LogP contribution in [-0.4, -0.2) is 9.78 Å². The number of nitrogens with two attached hydrogens (primary N) is 1. The van der Waals surface area contributed by atoms with Gasteiger partial charge in [-0.2, -0.15) is 5.10 Å². The van der Waals surface area contributed by atoms with Gasteiger partial charge in [-0.1, -0.05) is 18.5 Å². The first-order valence-corrected chi connectivity index (χ1v) is 5.77. The van der Waals surface area contributed by atoms with E-state index in [0.717, 1.165) is 13.0 Å². The Bertz CT molecular complexity index is 537. The highest BCUT2D eigenvalue weighted by Crippen LogP contribution is 2.29. The SMILES string of the molecule is CCCn1cc(-c2cc(Cl)c(N)cc2F)cn1. The van der Waals surface area contributed by atoms with Gasteiger partial charge in [0.2, 0.25) is 0 Å². The summed E-state index contributed by atoms with van der Waals surface area (Å²) < 4.78 is 15.5. The molecule has 0 unspecified atom stereocenters. The molecule has 1 aromatic heterocycles. The number of hydrogen-bond acceptors (Lipinski definition) is 2. The van der Waals surface area contributed by atoms with Gasteiger partial charge in [0.25, 0.3) is 0 Å². The van der Waals surface area contributed by atoms with Gasteiger partial charge in [-0.3, -0.25) is 4.68 Å². The van der Waals surface area contributed by atoms with Crippen LogP contribution in [-0.2, 0) is 6.54 Å². The number of aromatic nitrogens is 2. The van der Waals surface area contributed by atoms with Gasteiger partial charge in [0.1, 0.15) is 5.82 Å². The zero-order valence-electron chi connectivity index (χ0n) is 9.45. The molecule has 2 rings (SSSR count). The van der Waals surface area contributed by atoms with Gasteiger partial charge < -0.3 is 5.73 Å². The summed E-state index contributed by atoms with van der Waals surface area (Å²) in [5.74, 6) is -0.386. The van der Waals surface area contributed by atoms with E-state index in [-0.39, 0.29) is 11.5 Å². The van der Waals surface area contributed by atoms with Crippen molar-refractivity contribution in [3.8, 4) is 11.1 Å². The molecule has 17 heavy (non-hydrogen) atoms. The predicted molar refractivity (Wildman–Crippen MR) is 67.3 cm³/mol. The van der Waals surface area contributed by atoms with Crippen LogP contribution in [0.4, 0.5) is 10.1 Å². The van der Waals surface area contributed by atoms with E-state index in [1.165, 1.54) is 12.1 Å². The van der Waals surface area contributed by atoms with Crippen molar-refractivity contribution in [2.45, 2.75) is 19.9 Å². The molecule has 0 aliphatic carbocycles. The minimum atomic E-state index is -0.386. The molecule has 0 amide bonds. The third kappa shape index (κ3) is 2.42. The monoisotopic (exact) mass is 253 g/mol. The van der Waals surface area contributed by atoms with Crippen molar-refractivity contribution in [1.82, 2.24) is 9.78 Å². The fraction of sp³-hybridized carbons (Fsp3) is 0.250. The Morgan fingerprint density at radius 2 is 2.24 bits per heavy atom. The Labute approximate surface area is 104 Å². The van der Waals surface area contributed by atoms with E-state index in [2.05, 4.69) is 12.0 Å². The third-order valence-electron chi connectivity index (χ3n) is 2.48. The van der Waals surface area contributed by atoms with Crippen LogP contribution in [0.25, 0.3) is 11.1 Å². The van der Waals surface area contributed by atoms with Crippen molar-refractivity contribution in [2.75, 3.05) is 5.73 Å². The summed E-state index contributed by atoms with van der Waals surface area (Å²) in [6.07, 6.45) is 4.40. The minimum absolute atomic E-state index is 0.244. The first-order valence-electron chi connectivity index (χ1n) is 5.39. The van der Waals surface area contributed by atoms with Crippen LogP contribution in [0.2, 0.25) is 5.02 Å². The van der Waals surface area contributed by atoms with Crippen LogP contribution in [0, 0.1) is 5.82 Å². The molecule has 1 aromatic carbocycles. The maximum absolute atomic E-state index is 13.7. The van der Waals surface area contributed by atoms with Gasteiger partial charge in [-0.15, -0.1) is 0 Å². The smallest absolute Gasteiger partial charge is 0.133 e. The lowest BCUT2D eigenvalue weighted by Gasteiger charge is -2.03. The quantitative estimate of drug-likeness (QED) is 0.853. The van der Waals surface area contributed by atoms with Crippen LogP contribution in [0.1, 0.15) is 13.3 Å². The normalized spacial score (nSPS) is 10.8. The third-order valence-corrected chi connectivity index (χ3v) is 2.81. The highest BCUT2D eigenvalue weighted by Gasteiger charge is 2.10. The topological polar surface area (TPSA) is 43.8 Å². The maximum Gasteiger partial charge on any atom is 0.133 e. The molecule has 1 heterocycles. The molecule has 0 fully saturated rings. The van der Waals surface area contributed by atoms with Crippen LogP contribution in [0.3, 0.4) is 0 Å². The van der Waals surface area contributed by atoms with Crippen LogP contribution < -0.4 is 5.73 Å². The number of aryl methyl sites for hydroxylation is 1. The average molecular weight is 254 g/mol. The van der Waals surface area contributed by atoms with Gasteiger partial charge >= 0.3 is 0 Å². The molecule has 0 saturated carbocycles. The van der Waals surface area contributed by atoms with E-state index >= 15 is 0 Å². The molecule has 2 N–H and O–H groups in total. The van der Waals surface area contributed by atoms with Crippen molar-refractivity contribution in [1.29, 1.82) is 0 Å². The Kier molecular flexibility index (Phi) is 3.33. The standard InChI is InChI=1S/C12H13ClFN3/c1-2-3-17-7-8(6-16-17)9-4-10(13)12(15)5-11(9)14/h4-7H,2-3,15H2,1H3. The predicted octanol–water partition coefficient (Wildman–Crippen LogP) is 3.33. The lowest BCUT2D eigenvalue weighted by atomic mass is 10.1.